The fourth-order valence-electron chi connectivity index (χ4n) is 3.82. The van der Waals surface area contributed by atoms with E-state index >= 15 is 0 Å². The third kappa shape index (κ3) is 7.70. The van der Waals surface area contributed by atoms with Gasteiger partial charge in [-0.1, -0.05) is 30.3 Å². The van der Waals surface area contributed by atoms with Gasteiger partial charge in [-0.15, -0.1) is 17.0 Å². The summed E-state index contributed by atoms with van der Waals surface area (Å²) in [6.45, 7) is 12.1. The number of hydrogen-bond donors (Lipinski definition) is 1. The predicted octanol–water partition coefficient (Wildman–Crippen LogP) is 3.06. The minimum atomic E-state index is -0.447. The lowest BCUT2D eigenvalue weighted by Crippen LogP contribution is -2.59. The summed E-state index contributed by atoms with van der Waals surface area (Å²) in [5, 5.41) is 2.84. The zero-order valence-corrected chi connectivity index (χ0v) is 18.9. The average Bonchev–Trinajstić information content (AvgIpc) is 2.57. The van der Waals surface area contributed by atoms with Crippen LogP contribution < -0.4 is 5.32 Å². The van der Waals surface area contributed by atoms with E-state index in [2.05, 4.69) is 45.4 Å². The minimum absolute atomic E-state index is 0. The molecule has 1 amide bonds. The molecule has 1 N–H and O–H groups in total. The van der Waals surface area contributed by atoms with Crippen molar-refractivity contribution in [2.45, 2.75) is 51.5 Å². The van der Waals surface area contributed by atoms with Crippen LogP contribution in [0.3, 0.4) is 0 Å². The molecule has 0 aliphatic carbocycles. The van der Waals surface area contributed by atoms with Gasteiger partial charge in [0.2, 0.25) is 0 Å². The largest absolute Gasteiger partial charge is 0.444 e. The fraction of sp³-hybridized carbons (Fsp3) is 0.667. The molecule has 2 unspecified atom stereocenters. The van der Waals surface area contributed by atoms with E-state index in [-0.39, 0.29) is 35.3 Å². The van der Waals surface area contributed by atoms with Crippen molar-refractivity contribution in [2.24, 2.45) is 0 Å². The van der Waals surface area contributed by atoms with E-state index in [1.54, 1.807) is 0 Å². The van der Waals surface area contributed by atoms with Crippen molar-refractivity contribution in [2.75, 3.05) is 39.3 Å². The highest BCUT2D eigenvalue weighted by Crippen LogP contribution is 2.20. The van der Waals surface area contributed by atoms with Crippen LogP contribution in [0.2, 0.25) is 0 Å². The van der Waals surface area contributed by atoms with Crippen LogP contribution in [0, 0.1) is 0 Å². The number of carbonyl (C=O) groups excluding carboxylic acids is 1. The smallest absolute Gasteiger partial charge is 0.407 e. The van der Waals surface area contributed by atoms with Gasteiger partial charge in [0, 0.05) is 45.8 Å². The van der Waals surface area contributed by atoms with E-state index < -0.39 is 5.60 Å². The Balaban J connectivity index is 0.00000280. The number of carbonyl (C=O) groups is 1. The number of rotatable bonds is 6. The average molecular weight is 456 g/mol. The van der Waals surface area contributed by atoms with Gasteiger partial charge in [0.05, 0.1) is 12.2 Å². The first-order chi connectivity index (χ1) is 12.9. The Morgan fingerprint density at radius 1 is 1.11 bits per heavy atom. The molecule has 1 aromatic carbocycles. The molecule has 28 heavy (non-hydrogen) atoms. The molecular formula is C21H34BrN3O3. The lowest BCUT2D eigenvalue weighted by atomic mass is 10.1. The van der Waals surface area contributed by atoms with E-state index in [9.17, 15) is 4.79 Å². The van der Waals surface area contributed by atoms with Gasteiger partial charge in [0.1, 0.15) is 5.60 Å². The molecule has 2 fully saturated rings. The first kappa shape index (κ1) is 23.1. The van der Waals surface area contributed by atoms with Crippen molar-refractivity contribution in [1.82, 2.24) is 15.1 Å². The Hall–Kier alpha value is -1.15. The van der Waals surface area contributed by atoms with Gasteiger partial charge in [-0.05, 0) is 32.8 Å². The Labute approximate surface area is 179 Å². The van der Waals surface area contributed by atoms with Gasteiger partial charge in [-0.2, -0.15) is 0 Å². The van der Waals surface area contributed by atoms with Crippen molar-refractivity contribution in [1.29, 1.82) is 0 Å². The Bertz CT molecular complexity index is 595. The molecule has 2 bridgehead atoms. The second kappa shape index (κ2) is 10.6. The molecule has 0 spiro atoms. The van der Waals surface area contributed by atoms with Crippen LogP contribution >= 0.6 is 17.0 Å². The molecule has 6 nitrogen and oxygen atoms in total. The van der Waals surface area contributed by atoms with Gasteiger partial charge < -0.3 is 14.8 Å². The van der Waals surface area contributed by atoms with Gasteiger partial charge in [-0.3, -0.25) is 9.80 Å². The predicted molar refractivity (Wildman–Crippen MR) is 116 cm³/mol. The van der Waals surface area contributed by atoms with Crippen molar-refractivity contribution >= 4 is 23.1 Å². The summed E-state index contributed by atoms with van der Waals surface area (Å²) in [5.41, 5.74) is 0.916. The summed E-state index contributed by atoms with van der Waals surface area (Å²) in [6, 6.07) is 10.6. The van der Waals surface area contributed by atoms with Gasteiger partial charge in [-0.25, -0.2) is 4.79 Å². The first-order valence-corrected chi connectivity index (χ1v) is 9.98. The van der Waals surface area contributed by atoms with Gasteiger partial charge in [0.25, 0.3) is 0 Å². The molecule has 2 aliphatic rings. The molecule has 0 saturated carbocycles. The highest BCUT2D eigenvalue weighted by molar-refractivity contribution is 8.93. The molecule has 1 aromatic rings. The highest BCUT2D eigenvalue weighted by atomic mass is 79.9. The molecule has 3 rings (SSSR count). The molecule has 2 saturated heterocycles. The summed E-state index contributed by atoms with van der Waals surface area (Å²) in [5.74, 6) is 0. The molecule has 0 radical (unpaired) electrons. The van der Waals surface area contributed by atoms with E-state index in [1.165, 1.54) is 5.56 Å². The summed E-state index contributed by atoms with van der Waals surface area (Å²) >= 11 is 0. The molecular weight excluding hydrogens is 422 g/mol. The number of ether oxygens (including phenoxy) is 2. The summed E-state index contributed by atoms with van der Waals surface area (Å²) in [7, 11) is 0. The number of amides is 1. The van der Waals surface area contributed by atoms with Crippen molar-refractivity contribution < 1.29 is 14.3 Å². The molecule has 158 valence electrons. The molecule has 2 heterocycles. The topological polar surface area (TPSA) is 54.0 Å². The van der Waals surface area contributed by atoms with Crippen LogP contribution in [0.4, 0.5) is 4.79 Å². The summed E-state index contributed by atoms with van der Waals surface area (Å²) in [6.07, 6.45) is 1.14. The molecule has 7 heteroatoms. The summed E-state index contributed by atoms with van der Waals surface area (Å²) < 4.78 is 11.4. The second-order valence-electron chi connectivity index (χ2n) is 8.60. The van der Waals surface area contributed by atoms with E-state index in [0.29, 0.717) is 6.54 Å². The second-order valence-corrected chi connectivity index (χ2v) is 8.60. The third-order valence-corrected chi connectivity index (χ3v) is 4.80. The number of nitrogens with zero attached hydrogens (tertiary/aromatic N) is 2. The van der Waals surface area contributed by atoms with Crippen LogP contribution in [-0.2, 0) is 16.0 Å². The van der Waals surface area contributed by atoms with Gasteiger partial charge in [0.15, 0.2) is 0 Å². The van der Waals surface area contributed by atoms with Crippen LogP contribution in [0.15, 0.2) is 30.3 Å². The maximum atomic E-state index is 11.7. The first-order valence-electron chi connectivity index (χ1n) is 9.98. The van der Waals surface area contributed by atoms with Crippen molar-refractivity contribution in [3.63, 3.8) is 0 Å². The number of morpholine rings is 2. The number of alkyl carbamates (subject to hydrolysis) is 1. The standard InChI is InChI=1S/C21H33N3O3.BrH/c1-21(2,3)27-20(25)22-10-7-11-23-13-18-15-24(16-19(14-23)26-18)12-17-8-5-4-6-9-17;/h4-6,8-9,18-19H,7,10-16H2,1-3H3,(H,22,25);1H. The fourth-order valence-corrected chi connectivity index (χ4v) is 3.82. The van der Waals surface area contributed by atoms with Crippen LogP contribution in [-0.4, -0.2) is 73.0 Å². The van der Waals surface area contributed by atoms with Crippen molar-refractivity contribution in [3.8, 4) is 0 Å². The lowest BCUT2D eigenvalue weighted by molar-refractivity contribution is -0.140. The van der Waals surface area contributed by atoms with Gasteiger partial charge >= 0.3 is 6.09 Å². The Kier molecular flexibility index (Phi) is 8.74. The Morgan fingerprint density at radius 2 is 1.71 bits per heavy atom. The van der Waals surface area contributed by atoms with E-state index in [0.717, 1.165) is 45.7 Å². The Morgan fingerprint density at radius 3 is 2.32 bits per heavy atom. The van der Waals surface area contributed by atoms with E-state index in [4.69, 9.17) is 9.47 Å². The minimum Gasteiger partial charge on any atom is -0.444 e. The number of nitrogens with one attached hydrogen (secondary N) is 1. The molecule has 0 aromatic heterocycles. The maximum absolute atomic E-state index is 11.7. The zero-order valence-electron chi connectivity index (χ0n) is 17.2. The molecule has 2 atom stereocenters. The SMILES string of the molecule is Br.CC(C)(C)OC(=O)NCCCN1CC2CN(Cc3ccccc3)CC(C1)O2. The number of halogens is 1. The van der Waals surface area contributed by atoms with E-state index in [1.807, 2.05) is 20.8 Å². The normalized spacial score (nSPS) is 23.0. The highest BCUT2D eigenvalue weighted by Gasteiger charge is 2.34. The monoisotopic (exact) mass is 455 g/mol. The third-order valence-electron chi connectivity index (χ3n) is 4.80. The van der Waals surface area contributed by atoms with Crippen LogP contribution in [0.25, 0.3) is 0 Å². The van der Waals surface area contributed by atoms with Crippen LogP contribution in [0.1, 0.15) is 32.8 Å². The van der Waals surface area contributed by atoms with Crippen molar-refractivity contribution in [3.05, 3.63) is 35.9 Å². The quantitative estimate of drug-likeness (QED) is 0.667. The molecule has 2 aliphatic heterocycles. The number of benzene rings is 1. The lowest BCUT2D eigenvalue weighted by Gasteiger charge is -2.46. The maximum Gasteiger partial charge on any atom is 0.407 e. The number of fused-ring (bicyclic) bond motifs is 2. The number of hydrogen-bond acceptors (Lipinski definition) is 5. The zero-order chi connectivity index (χ0) is 19.3. The summed E-state index contributed by atoms with van der Waals surface area (Å²) in [4.78, 5) is 16.7. The van der Waals surface area contributed by atoms with Crippen LogP contribution in [0.5, 0.6) is 0 Å².